The fourth-order valence-electron chi connectivity index (χ4n) is 0.915. The van der Waals surface area contributed by atoms with Gasteiger partial charge in [-0.2, -0.15) is 5.26 Å². The SMILES string of the molecule is COc1cc(C#N)ccc1OCI. The smallest absolute Gasteiger partial charge is 0.162 e. The number of nitriles is 1. The van der Waals surface area contributed by atoms with Crippen LogP contribution in [0.1, 0.15) is 5.56 Å². The van der Waals surface area contributed by atoms with Crippen molar-refractivity contribution in [1.29, 1.82) is 5.26 Å². The number of ether oxygens (including phenoxy) is 2. The second kappa shape index (κ2) is 4.92. The summed E-state index contributed by atoms with van der Waals surface area (Å²) in [6.07, 6.45) is 0. The van der Waals surface area contributed by atoms with Crippen LogP contribution in [0.25, 0.3) is 0 Å². The summed E-state index contributed by atoms with van der Waals surface area (Å²) >= 11 is 2.10. The van der Waals surface area contributed by atoms with Crippen LogP contribution in [-0.2, 0) is 0 Å². The third-order valence-corrected chi connectivity index (χ3v) is 1.81. The highest BCUT2D eigenvalue weighted by atomic mass is 127. The molecule has 0 aliphatic rings. The molecule has 13 heavy (non-hydrogen) atoms. The van der Waals surface area contributed by atoms with Crippen LogP contribution in [0.3, 0.4) is 0 Å². The lowest BCUT2D eigenvalue weighted by Gasteiger charge is -2.07. The number of methoxy groups -OCH3 is 1. The molecule has 4 heteroatoms. The third kappa shape index (κ3) is 2.49. The zero-order valence-electron chi connectivity index (χ0n) is 7.08. The molecule has 0 saturated heterocycles. The van der Waals surface area contributed by atoms with E-state index in [0.29, 0.717) is 21.7 Å². The molecule has 1 rings (SSSR count). The standard InChI is InChI=1S/C9H8INO2/c1-12-9-4-7(5-11)2-3-8(9)13-6-10/h2-4H,6H2,1H3. The van der Waals surface area contributed by atoms with Crippen LogP contribution in [-0.4, -0.2) is 11.7 Å². The van der Waals surface area contributed by atoms with Crippen LogP contribution in [0.15, 0.2) is 18.2 Å². The normalized spacial score (nSPS) is 9.00. The Labute approximate surface area is 90.4 Å². The largest absolute Gasteiger partial charge is 0.493 e. The summed E-state index contributed by atoms with van der Waals surface area (Å²) in [5.74, 6) is 1.26. The van der Waals surface area contributed by atoms with Gasteiger partial charge in [0.2, 0.25) is 0 Å². The first kappa shape index (κ1) is 10.1. The second-order valence-corrected chi connectivity index (χ2v) is 2.85. The highest BCUT2D eigenvalue weighted by Gasteiger charge is 2.04. The van der Waals surface area contributed by atoms with E-state index in [1.165, 1.54) is 0 Å². The molecular formula is C9H8INO2. The lowest BCUT2D eigenvalue weighted by Crippen LogP contribution is -1.93. The third-order valence-electron chi connectivity index (χ3n) is 1.50. The van der Waals surface area contributed by atoms with Crippen LogP contribution in [0.5, 0.6) is 11.5 Å². The topological polar surface area (TPSA) is 42.2 Å². The van der Waals surface area contributed by atoms with Crippen LogP contribution in [0.2, 0.25) is 0 Å². The summed E-state index contributed by atoms with van der Waals surface area (Å²) in [4.78, 5) is 0. The summed E-state index contributed by atoms with van der Waals surface area (Å²) in [6.45, 7) is 0. The Morgan fingerprint density at radius 1 is 1.46 bits per heavy atom. The molecule has 0 aliphatic heterocycles. The van der Waals surface area contributed by atoms with Crippen molar-refractivity contribution in [2.24, 2.45) is 0 Å². The maximum Gasteiger partial charge on any atom is 0.162 e. The fraction of sp³-hybridized carbons (Fsp3) is 0.222. The Hall–Kier alpha value is -0.960. The predicted octanol–water partition coefficient (Wildman–Crippen LogP) is 2.34. The summed E-state index contributed by atoms with van der Waals surface area (Å²) in [5, 5.41) is 8.63. The van der Waals surface area contributed by atoms with Crippen molar-refractivity contribution in [3.63, 3.8) is 0 Å². The zero-order valence-corrected chi connectivity index (χ0v) is 9.24. The molecule has 0 spiro atoms. The molecule has 0 radical (unpaired) electrons. The first-order valence-electron chi connectivity index (χ1n) is 3.58. The quantitative estimate of drug-likeness (QED) is 0.633. The average Bonchev–Trinajstić information content (AvgIpc) is 2.19. The van der Waals surface area contributed by atoms with Gasteiger partial charge in [0.05, 0.1) is 18.7 Å². The van der Waals surface area contributed by atoms with Crippen molar-refractivity contribution in [1.82, 2.24) is 0 Å². The lowest BCUT2D eigenvalue weighted by molar-refractivity contribution is 0.350. The Morgan fingerprint density at radius 2 is 2.23 bits per heavy atom. The molecule has 1 aromatic carbocycles. The van der Waals surface area contributed by atoms with Crippen LogP contribution < -0.4 is 9.47 Å². The van der Waals surface area contributed by atoms with E-state index in [9.17, 15) is 0 Å². The molecule has 0 heterocycles. The molecule has 0 saturated carbocycles. The summed E-state index contributed by atoms with van der Waals surface area (Å²) in [6, 6.07) is 7.12. The highest BCUT2D eigenvalue weighted by Crippen LogP contribution is 2.27. The molecule has 0 N–H and O–H groups in total. The van der Waals surface area contributed by atoms with Gasteiger partial charge in [0.1, 0.15) is 4.61 Å². The van der Waals surface area contributed by atoms with E-state index in [-0.39, 0.29) is 0 Å². The second-order valence-electron chi connectivity index (χ2n) is 2.23. The average molecular weight is 289 g/mol. The van der Waals surface area contributed by atoms with Gasteiger partial charge in [0, 0.05) is 6.07 Å². The molecule has 0 unspecified atom stereocenters. The first-order valence-corrected chi connectivity index (χ1v) is 5.11. The van der Waals surface area contributed by atoms with E-state index < -0.39 is 0 Å². The highest BCUT2D eigenvalue weighted by molar-refractivity contribution is 14.1. The predicted molar refractivity (Wildman–Crippen MR) is 57.2 cm³/mol. The monoisotopic (exact) mass is 289 g/mol. The van der Waals surface area contributed by atoms with Gasteiger partial charge in [-0.15, -0.1) is 0 Å². The number of benzene rings is 1. The van der Waals surface area contributed by atoms with Crippen LogP contribution in [0.4, 0.5) is 0 Å². The summed E-state index contributed by atoms with van der Waals surface area (Å²) in [5.41, 5.74) is 0.567. The molecule has 0 bridgehead atoms. The lowest BCUT2D eigenvalue weighted by atomic mass is 10.2. The van der Waals surface area contributed by atoms with Gasteiger partial charge in [-0.3, -0.25) is 0 Å². The molecule has 0 amide bonds. The number of alkyl halides is 1. The van der Waals surface area contributed by atoms with Gasteiger partial charge in [0.15, 0.2) is 11.5 Å². The Kier molecular flexibility index (Phi) is 3.83. The maximum atomic E-state index is 8.63. The van der Waals surface area contributed by atoms with Crippen molar-refractivity contribution in [3.05, 3.63) is 23.8 Å². The molecule has 0 fully saturated rings. The van der Waals surface area contributed by atoms with Crippen molar-refractivity contribution in [2.75, 3.05) is 11.7 Å². The van der Waals surface area contributed by atoms with Gasteiger partial charge in [-0.05, 0) is 34.7 Å². The van der Waals surface area contributed by atoms with Crippen molar-refractivity contribution >= 4 is 22.6 Å². The van der Waals surface area contributed by atoms with Gasteiger partial charge in [-0.25, -0.2) is 0 Å². The number of hydrogen-bond donors (Lipinski definition) is 0. The summed E-state index contributed by atoms with van der Waals surface area (Å²) in [7, 11) is 1.55. The van der Waals surface area contributed by atoms with Crippen molar-refractivity contribution in [2.45, 2.75) is 0 Å². The van der Waals surface area contributed by atoms with Gasteiger partial charge < -0.3 is 9.47 Å². The number of halogens is 1. The molecule has 3 nitrogen and oxygen atoms in total. The number of rotatable bonds is 3. The zero-order chi connectivity index (χ0) is 9.68. The molecule has 1 aromatic rings. The van der Waals surface area contributed by atoms with E-state index in [2.05, 4.69) is 22.6 Å². The minimum absolute atomic E-state index is 0.556. The van der Waals surface area contributed by atoms with Crippen molar-refractivity contribution in [3.8, 4) is 17.6 Å². The van der Waals surface area contributed by atoms with E-state index in [1.54, 1.807) is 25.3 Å². The van der Waals surface area contributed by atoms with E-state index in [0.717, 1.165) is 0 Å². The Balaban J connectivity index is 3.02. The Bertz CT molecular complexity index is 333. The van der Waals surface area contributed by atoms with Crippen LogP contribution >= 0.6 is 22.6 Å². The minimum Gasteiger partial charge on any atom is -0.493 e. The van der Waals surface area contributed by atoms with E-state index >= 15 is 0 Å². The molecule has 0 aromatic heterocycles. The minimum atomic E-state index is 0.556. The van der Waals surface area contributed by atoms with E-state index in [4.69, 9.17) is 14.7 Å². The maximum absolute atomic E-state index is 8.63. The molecule has 0 aliphatic carbocycles. The molecular weight excluding hydrogens is 281 g/mol. The molecule has 68 valence electrons. The van der Waals surface area contributed by atoms with Crippen LogP contribution in [0, 0.1) is 11.3 Å². The number of hydrogen-bond acceptors (Lipinski definition) is 3. The van der Waals surface area contributed by atoms with Gasteiger partial charge in [-0.1, -0.05) is 0 Å². The number of nitrogens with zero attached hydrogens (tertiary/aromatic N) is 1. The van der Waals surface area contributed by atoms with E-state index in [1.807, 2.05) is 6.07 Å². The fourth-order valence-corrected chi connectivity index (χ4v) is 1.25. The van der Waals surface area contributed by atoms with Gasteiger partial charge >= 0.3 is 0 Å². The summed E-state index contributed by atoms with van der Waals surface area (Å²) < 4.78 is 10.9. The first-order chi connectivity index (χ1) is 6.31. The van der Waals surface area contributed by atoms with Gasteiger partial charge in [0.25, 0.3) is 0 Å². The van der Waals surface area contributed by atoms with Crippen molar-refractivity contribution < 1.29 is 9.47 Å². The molecule has 0 atom stereocenters. The Morgan fingerprint density at radius 3 is 2.77 bits per heavy atom.